The minimum absolute atomic E-state index is 0.653. The van der Waals surface area contributed by atoms with Gasteiger partial charge in [0, 0.05) is 0 Å². The lowest BCUT2D eigenvalue weighted by molar-refractivity contribution is 0.843. The van der Waals surface area contributed by atoms with Crippen molar-refractivity contribution in [2.45, 2.75) is 60.4 Å². The van der Waals surface area contributed by atoms with E-state index < -0.39 is 16.5 Å². The Kier molecular flexibility index (Phi) is 3.97. The SMILES string of the molecule is CC1=C(C)C(C)C([Si](C)(C)N[Si](C)(C)C)=C1C. The van der Waals surface area contributed by atoms with Gasteiger partial charge in [0.2, 0.25) is 0 Å². The summed E-state index contributed by atoms with van der Waals surface area (Å²) >= 11 is 0. The third kappa shape index (κ3) is 3.01. The van der Waals surface area contributed by atoms with Crippen LogP contribution in [0.5, 0.6) is 0 Å². The third-order valence-electron chi connectivity index (χ3n) is 4.00. The zero-order valence-electron chi connectivity index (χ0n) is 13.1. The molecule has 1 aliphatic rings. The lowest BCUT2D eigenvalue weighted by Gasteiger charge is -2.36. The average Bonchev–Trinajstić information content (AvgIpc) is 2.27. The highest BCUT2D eigenvalue weighted by atomic mass is 28.4. The molecule has 17 heavy (non-hydrogen) atoms. The molecule has 1 aliphatic carbocycles. The lowest BCUT2D eigenvalue weighted by atomic mass is 10.1. The van der Waals surface area contributed by atoms with Crippen molar-refractivity contribution in [3.05, 3.63) is 21.9 Å². The molecule has 0 fully saturated rings. The summed E-state index contributed by atoms with van der Waals surface area (Å²) in [7, 11) is -2.67. The molecule has 0 heterocycles. The number of hydrogen-bond donors (Lipinski definition) is 1. The van der Waals surface area contributed by atoms with E-state index in [0.29, 0.717) is 5.92 Å². The van der Waals surface area contributed by atoms with Crippen molar-refractivity contribution in [2.24, 2.45) is 5.92 Å². The van der Waals surface area contributed by atoms with Gasteiger partial charge in [-0.1, -0.05) is 56.0 Å². The second kappa shape index (κ2) is 4.52. The molecule has 98 valence electrons. The van der Waals surface area contributed by atoms with Crippen LogP contribution in [0, 0.1) is 5.92 Å². The van der Waals surface area contributed by atoms with Crippen LogP contribution in [0.3, 0.4) is 0 Å². The normalized spacial score (nSPS) is 22.8. The van der Waals surface area contributed by atoms with Gasteiger partial charge in [-0.2, -0.15) is 0 Å². The Balaban J connectivity index is 3.11. The molecule has 1 unspecified atom stereocenters. The van der Waals surface area contributed by atoms with Gasteiger partial charge in [0.15, 0.2) is 0 Å². The largest absolute Gasteiger partial charge is 0.356 e. The van der Waals surface area contributed by atoms with Crippen molar-refractivity contribution in [1.29, 1.82) is 0 Å². The highest BCUT2D eigenvalue weighted by Gasteiger charge is 2.38. The lowest BCUT2D eigenvalue weighted by Crippen LogP contribution is -2.59. The minimum atomic E-state index is -1.47. The molecular weight excluding hydrogens is 238 g/mol. The third-order valence-corrected chi connectivity index (χ3v) is 11.7. The fraction of sp³-hybridized carbons (Fsp3) is 0.714. The van der Waals surface area contributed by atoms with E-state index in [1.165, 1.54) is 5.57 Å². The monoisotopic (exact) mass is 267 g/mol. The van der Waals surface area contributed by atoms with Crippen molar-refractivity contribution in [2.75, 3.05) is 0 Å². The van der Waals surface area contributed by atoms with Crippen LogP contribution >= 0.6 is 0 Å². The molecule has 0 amide bonds. The molecule has 1 atom stereocenters. The molecule has 1 nitrogen and oxygen atoms in total. The highest BCUT2D eigenvalue weighted by molar-refractivity contribution is 6.94. The Morgan fingerprint density at radius 2 is 1.35 bits per heavy atom. The molecule has 1 N–H and O–H groups in total. The highest BCUT2D eigenvalue weighted by Crippen LogP contribution is 2.40. The fourth-order valence-corrected chi connectivity index (χ4v) is 13.8. The average molecular weight is 268 g/mol. The van der Waals surface area contributed by atoms with Gasteiger partial charge in [0.1, 0.15) is 16.5 Å². The first-order chi connectivity index (χ1) is 7.47. The van der Waals surface area contributed by atoms with Gasteiger partial charge in [-0.05, 0) is 32.3 Å². The number of hydrogen-bond acceptors (Lipinski definition) is 1. The molecule has 0 bridgehead atoms. The van der Waals surface area contributed by atoms with E-state index >= 15 is 0 Å². The zero-order valence-corrected chi connectivity index (χ0v) is 15.1. The molecule has 0 radical (unpaired) electrons. The van der Waals surface area contributed by atoms with Crippen LogP contribution in [-0.4, -0.2) is 16.5 Å². The summed E-state index contributed by atoms with van der Waals surface area (Å²) in [5, 5.41) is 1.73. The summed E-state index contributed by atoms with van der Waals surface area (Å²) in [5.74, 6) is 0.653. The van der Waals surface area contributed by atoms with Crippen LogP contribution < -0.4 is 4.65 Å². The predicted octanol–water partition coefficient (Wildman–Crippen LogP) is 4.46. The molecule has 0 aromatic carbocycles. The summed E-state index contributed by atoms with van der Waals surface area (Å²) < 4.78 is 4.03. The summed E-state index contributed by atoms with van der Waals surface area (Å²) in [6, 6.07) is 0. The van der Waals surface area contributed by atoms with Gasteiger partial charge in [-0.25, -0.2) is 0 Å². The van der Waals surface area contributed by atoms with Gasteiger partial charge in [-0.3, -0.25) is 0 Å². The summed E-state index contributed by atoms with van der Waals surface area (Å²) in [6.07, 6.45) is 0. The van der Waals surface area contributed by atoms with E-state index in [4.69, 9.17) is 0 Å². The number of allylic oxidation sites excluding steroid dienone is 4. The van der Waals surface area contributed by atoms with Crippen LogP contribution in [0.15, 0.2) is 21.9 Å². The Hall–Kier alpha value is -0.126. The van der Waals surface area contributed by atoms with Crippen molar-refractivity contribution in [1.82, 2.24) is 4.65 Å². The molecular formula is C14H29NSi2. The fourth-order valence-electron chi connectivity index (χ4n) is 3.38. The van der Waals surface area contributed by atoms with E-state index in [1.54, 1.807) is 16.3 Å². The molecule has 1 rings (SSSR count). The molecule has 3 heteroatoms. The first-order valence-corrected chi connectivity index (χ1v) is 13.2. The molecule has 0 aromatic heterocycles. The zero-order chi connectivity index (χ0) is 13.6. The van der Waals surface area contributed by atoms with E-state index in [-0.39, 0.29) is 0 Å². The maximum atomic E-state index is 4.03. The van der Waals surface area contributed by atoms with E-state index in [9.17, 15) is 0 Å². The van der Waals surface area contributed by atoms with E-state index in [2.05, 4.69) is 65.1 Å². The Morgan fingerprint density at radius 1 is 0.882 bits per heavy atom. The van der Waals surface area contributed by atoms with E-state index in [0.717, 1.165) is 0 Å². The van der Waals surface area contributed by atoms with Crippen molar-refractivity contribution < 1.29 is 0 Å². The predicted molar refractivity (Wildman–Crippen MR) is 84.2 cm³/mol. The molecule has 0 aliphatic heterocycles. The second-order valence-corrected chi connectivity index (χ2v) is 16.4. The van der Waals surface area contributed by atoms with E-state index in [1.807, 2.05) is 0 Å². The molecule has 0 aromatic rings. The topological polar surface area (TPSA) is 12.0 Å². The number of rotatable bonds is 3. The van der Waals surface area contributed by atoms with Gasteiger partial charge in [0.25, 0.3) is 0 Å². The van der Waals surface area contributed by atoms with Gasteiger partial charge in [-0.15, -0.1) is 0 Å². The van der Waals surface area contributed by atoms with Gasteiger partial charge < -0.3 is 4.65 Å². The van der Waals surface area contributed by atoms with Gasteiger partial charge >= 0.3 is 0 Å². The Labute approximate surface area is 110 Å². The maximum absolute atomic E-state index is 4.03. The number of nitrogens with one attached hydrogen (secondary N) is 1. The molecule has 0 saturated carbocycles. The second-order valence-electron chi connectivity index (χ2n) is 7.07. The van der Waals surface area contributed by atoms with Crippen molar-refractivity contribution >= 4 is 16.5 Å². The Morgan fingerprint density at radius 3 is 1.65 bits per heavy atom. The van der Waals surface area contributed by atoms with Crippen LogP contribution in [0.4, 0.5) is 0 Å². The van der Waals surface area contributed by atoms with Crippen LogP contribution in [0.1, 0.15) is 27.7 Å². The van der Waals surface area contributed by atoms with Crippen LogP contribution in [-0.2, 0) is 0 Å². The summed E-state index contributed by atoms with van der Waals surface area (Å²) in [6.45, 7) is 21.5. The quantitative estimate of drug-likeness (QED) is 0.745. The Bertz CT molecular complexity index is 384. The summed E-state index contributed by atoms with van der Waals surface area (Å²) in [5.41, 5.74) is 4.68. The standard InChI is InChI=1S/C14H29NSi2/c1-10-11(2)13(4)14(12(10)3)17(8,9)15-16(5,6)7/h12,15H,1-9H3. The van der Waals surface area contributed by atoms with Crippen molar-refractivity contribution in [3.63, 3.8) is 0 Å². The van der Waals surface area contributed by atoms with Crippen LogP contribution in [0.2, 0.25) is 32.7 Å². The first-order valence-electron chi connectivity index (χ1n) is 6.65. The smallest absolute Gasteiger partial charge is 0.141 e. The minimum Gasteiger partial charge on any atom is -0.356 e. The molecule has 0 spiro atoms. The molecule has 0 saturated heterocycles. The van der Waals surface area contributed by atoms with Crippen LogP contribution in [0.25, 0.3) is 0 Å². The van der Waals surface area contributed by atoms with Crippen molar-refractivity contribution in [3.8, 4) is 0 Å². The van der Waals surface area contributed by atoms with Gasteiger partial charge in [0.05, 0.1) is 0 Å². The summed E-state index contributed by atoms with van der Waals surface area (Å²) in [4.78, 5) is 0. The maximum Gasteiger partial charge on any atom is 0.141 e. The first kappa shape index (κ1) is 14.9.